The Labute approximate surface area is 232 Å². The molecule has 0 bridgehead atoms. The number of hydrogen-bond acceptors (Lipinski definition) is 3. The number of allylic oxidation sites excluding steroid dienone is 1. The van der Waals surface area contributed by atoms with Gasteiger partial charge in [-0.3, -0.25) is 4.21 Å². The Bertz CT molecular complexity index is 876. The van der Waals surface area contributed by atoms with E-state index in [1.807, 2.05) is 6.26 Å². The number of hydrogen-bond donors (Lipinski definition) is 1. The van der Waals surface area contributed by atoms with E-state index in [1.165, 1.54) is 44.9 Å². The zero-order valence-corrected chi connectivity index (χ0v) is 26.7. The summed E-state index contributed by atoms with van der Waals surface area (Å²) in [6.07, 6.45) is 12.1. The lowest BCUT2D eigenvalue weighted by molar-refractivity contribution is -0.0727. The molecular weight excluding hydrogens is 474 g/mol. The Hall–Kier alpha value is -0.190. The molecule has 0 amide bonds. The van der Waals surface area contributed by atoms with Crippen molar-refractivity contribution in [3.05, 3.63) is 11.1 Å². The van der Waals surface area contributed by atoms with E-state index < -0.39 is 10.8 Å². The summed E-state index contributed by atoms with van der Waals surface area (Å²) in [5.41, 5.74) is 4.02. The topological polar surface area (TPSA) is 38.3 Å². The van der Waals surface area contributed by atoms with Gasteiger partial charge in [-0.05, 0) is 98.8 Å². The third-order valence-electron chi connectivity index (χ3n) is 12.1. The molecular formula is C33H59NO2S. The molecule has 0 aromatic heterocycles. The van der Waals surface area contributed by atoms with Crippen molar-refractivity contribution in [3.8, 4) is 0 Å². The second-order valence-corrected chi connectivity index (χ2v) is 16.8. The highest BCUT2D eigenvalue weighted by Gasteiger charge is 2.57. The van der Waals surface area contributed by atoms with Gasteiger partial charge in [-0.1, -0.05) is 73.0 Å². The van der Waals surface area contributed by atoms with Gasteiger partial charge in [0.25, 0.3) is 0 Å². The minimum absolute atomic E-state index is 0.0279. The normalized spacial score (nSPS) is 41.7. The standard InChI is InChI=1S/C33H59NO2S/c1-11-25-26-13-15-33(24(5)30-29(36-33)16-22(3)19-34-30)18-23(4)27(26)17-28(25)32(9,31(6,7)8)14-12-21(2)20-37(10)35/h21-22,24-26,28-30,34H,11-20H2,1-10H3. The Morgan fingerprint density at radius 2 is 1.92 bits per heavy atom. The fourth-order valence-electron chi connectivity index (χ4n) is 9.36. The molecule has 2 saturated heterocycles. The van der Waals surface area contributed by atoms with Crippen molar-refractivity contribution in [2.45, 2.75) is 131 Å². The second-order valence-electron chi connectivity index (χ2n) is 15.3. The molecule has 2 aliphatic carbocycles. The van der Waals surface area contributed by atoms with Crippen LogP contribution in [0.25, 0.3) is 0 Å². The molecule has 11 atom stereocenters. The first-order chi connectivity index (χ1) is 17.2. The SMILES string of the molecule is CCC1C2CCC3(CC(C)=C2CC1C(C)(CCC(C)CS(C)=O)C(C)(C)C)OC1CC(C)CNC1C3C. The minimum atomic E-state index is -0.704. The molecule has 1 N–H and O–H groups in total. The number of rotatable bonds is 7. The minimum Gasteiger partial charge on any atom is -0.369 e. The van der Waals surface area contributed by atoms with E-state index in [0.717, 1.165) is 36.5 Å². The quantitative estimate of drug-likeness (QED) is 0.340. The predicted molar refractivity (Wildman–Crippen MR) is 159 cm³/mol. The van der Waals surface area contributed by atoms with Crippen LogP contribution < -0.4 is 5.32 Å². The Balaban J connectivity index is 1.59. The highest BCUT2D eigenvalue weighted by Crippen LogP contribution is 2.62. The molecule has 0 radical (unpaired) electrons. The van der Waals surface area contributed by atoms with Crippen LogP contribution in [0, 0.1) is 46.3 Å². The zero-order chi connectivity index (χ0) is 27.3. The fraction of sp³-hybridized carbons (Fsp3) is 0.939. The average Bonchev–Trinajstić information content (AvgIpc) is 3.25. The maximum atomic E-state index is 11.9. The molecule has 3 nitrogen and oxygen atoms in total. The van der Waals surface area contributed by atoms with E-state index in [-0.39, 0.29) is 16.4 Å². The fourth-order valence-corrected chi connectivity index (χ4v) is 10.3. The summed E-state index contributed by atoms with van der Waals surface area (Å²) in [5.74, 6) is 4.88. The van der Waals surface area contributed by atoms with Gasteiger partial charge in [0.15, 0.2) is 0 Å². The second kappa shape index (κ2) is 11.0. The smallest absolute Gasteiger partial charge is 0.0765 e. The van der Waals surface area contributed by atoms with Crippen molar-refractivity contribution in [1.29, 1.82) is 0 Å². The molecule has 4 rings (SSSR count). The number of piperidine rings is 1. The van der Waals surface area contributed by atoms with E-state index in [1.54, 1.807) is 11.1 Å². The molecule has 11 unspecified atom stereocenters. The van der Waals surface area contributed by atoms with E-state index in [0.29, 0.717) is 29.9 Å². The molecule has 2 heterocycles. The summed E-state index contributed by atoms with van der Waals surface area (Å²) < 4.78 is 19.0. The van der Waals surface area contributed by atoms with Gasteiger partial charge < -0.3 is 10.1 Å². The summed E-state index contributed by atoms with van der Waals surface area (Å²) in [6.45, 7) is 23.3. The number of fused-ring (bicyclic) bond motifs is 2. The van der Waals surface area contributed by atoms with Gasteiger partial charge in [0, 0.05) is 34.8 Å². The van der Waals surface area contributed by atoms with Crippen molar-refractivity contribution in [3.63, 3.8) is 0 Å². The van der Waals surface area contributed by atoms with Crippen LogP contribution in [-0.2, 0) is 15.5 Å². The molecule has 4 heteroatoms. The lowest BCUT2D eigenvalue weighted by Crippen LogP contribution is -2.48. The maximum absolute atomic E-state index is 11.9. The maximum Gasteiger partial charge on any atom is 0.0765 e. The van der Waals surface area contributed by atoms with Crippen LogP contribution in [0.4, 0.5) is 0 Å². The third-order valence-corrected chi connectivity index (χ3v) is 13.1. The van der Waals surface area contributed by atoms with Gasteiger partial charge in [-0.25, -0.2) is 0 Å². The molecule has 214 valence electrons. The van der Waals surface area contributed by atoms with Gasteiger partial charge in [0.1, 0.15) is 0 Å². The highest BCUT2D eigenvalue weighted by molar-refractivity contribution is 7.84. The average molecular weight is 534 g/mol. The third kappa shape index (κ3) is 5.56. The predicted octanol–water partition coefficient (Wildman–Crippen LogP) is 7.77. The summed E-state index contributed by atoms with van der Waals surface area (Å²) in [4.78, 5) is 0. The summed E-state index contributed by atoms with van der Waals surface area (Å²) in [5, 5.41) is 3.88. The zero-order valence-electron chi connectivity index (χ0n) is 25.9. The Morgan fingerprint density at radius 3 is 2.54 bits per heavy atom. The van der Waals surface area contributed by atoms with Gasteiger partial charge in [0.2, 0.25) is 0 Å². The van der Waals surface area contributed by atoms with E-state index >= 15 is 0 Å². The van der Waals surface area contributed by atoms with Gasteiger partial charge in [-0.15, -0.1) is 0 Å². The highest BCUT2D eigenvalue weighted by atomic mass is 32.2. The molecule has 0 aromatic carbocycles. The van der Waals surface area contributed by atoms with Crippen LogP contribution in [-0.4, -0.2) is 40.5 Å². The molecule has 3 fully saturated rings. The van der Waals surface area contributed by atoms with Crippen LogP contribution in [0.2, 0.25) is 0 Å². The van der Waals surface area contributed by atoms with E-state index in [9.17, 15) is 4.21 Å². The van der Waals surface area contributed by atoms with E-state index in [2.05, 4.69) is 67.6 Å². The Kier molecular flexibility index (Phi) is 8.85. The summed E-state index contributed by atoms with van der Waals surface area (Å²) in [7, 11) is -0.704. The molecule has 1 saturated carbocycles. The lowest BCUT2D eigenvalue weighted by atomic mass is 9.55. The van der Waals surface area contributed by atoms with Crippen LogP contribution in [0.3, 0.4) is 0 Å². The Morgan fingerprint density at radius 1 is 1.22 bits per heavy atom. The summed E-state index contributed by atoms with van der Waals surface area (Å²) in [6, 6.07) is 0.533. The first kappa shape index (κ1) is 29.8. The lowest BCUT2D eigenvalue weighted by Gasteiger charge is -2.50. The van der Waals surface area contributed by atoms with Crippen molar-refractivity contribution in [2.24, 2.45) is 46.3 Å². The van der Waals surface area contributed by atoms with Crippen molar-refractivity contribution in [2.75, 3.05) is 18.6 Å². The van der Waals surface area contributed by atoms with Crippen LogP contribution in [0.5, 0.6) is 0 Å². The van der Waals surface area contributed by atoms with Crippen molar-refractivity contribution < 1.29 is 8.95 Å². The molecule has 37 heavy (non-hydrogen) atoms. The van der Waals surface area contributed by atoms with Crippen LogP contribution in [0.15, 0.2) is 11.1 Å². The van der Waals surface area contributed by atoms with Gasteiger partial charge >= 0.3 is 0 Å². The summed E-state index contributed by atoms with van der Waals surface area (Å²) >= 11 is 0. The first-order valence-electron chi connectivity index (χ1n) is 15.6. The van der Waals surface area contributed by atoms with Crippen LogP contribution in [0.1, 0.15) is 114 Å². The van der Waals surface area contributed by atoms with E-state index in [4.69, 9.17) is 4.74 Å². The monoisotopic (exact) mass is 533 g/mol. The van der Waals surface area contributed by atoms with Crippen LogP contribution >= 0.6 is 0 Å². The molecule has 2 aliphatic heterocycles. The van der Waals surface area contributed by atoms with Gasteiger partial charge in [0.05, 0.1) is 11.7 Å². The van der Waals surface area contributed by atoms with Gasteiger partial charge in [-0.2, -0.15) is 0 Å². The first-order valence-corrected chi connectivity index (χ1v) is 17.3. The number of ether oxygens (including phenoxy) is 1. The van der Waals surface area contributed by atoms with Crippen molar-refractivity contribution in [1.82, 2.24) is 5.32 Å². The largest absolute Gasteiger partial charge is 0.369 e. The number of nitrogens with one attached hydrogen (secondary N) is 1. The molecule has 0 aromatic rings. The molecule has 4 aliphatic rings. The van der Waals surface area contributed by atoms with Crippen molar-refractivity contribution >= 4 is 10.8 Å². The molecule has 1 spiro atoms.